The topological polar surface area (TPSA) is 41.6 Å². The minimum Gasteiger partial charge on any atom is -0.405 e. The zero-order chi connectivity index (χ0) is 16.2. The second-order valence-corrected chi connectivity index (χ2v) is 5.48. The summed E-state index contributed by atoms with van der Waals surface area (Å²) in [6.07, 6.45) is -2.36. The van der Waals surface area contributed by atoms with E-state index in [4.69, 9.17) is 0 Å². The zero-order valence-electron chi connectivity index (χ0n) is 12.7. The first-order valence-corrected chi connectivity index (χ1v) is 7.13. The minimum atomic E-state index is -4.75. The lowest BCUT2D eigenvalue weighted by Crippen LogP contribution is -2.36. The Morgan fingerprint density at radius 3 is 2.61 bits per heavy atom. The van der Waals surface area contributed by atoms with E-state index in [-0.39, 0.29) is 37.2 Å². The molecule has 0 saturated heterocycles. The van der Waals surface area contributed by atoms with Gasteiger partial charge in [-0.05, 0) is 31.4 Å². The Kier molecular flexibility index (Phi) is 7.15. The van der Waals surface area contributed by atoms with Gasteiger partial charge in [0.1, 0.15) is 5.75 Å². The average molecular weight is 353 g/mol. The third-order valence-corrected chi connectivity index (χ3v) is 3.44. The van der Waals surface area contributed by atoms with Crippen LogP contribution >= 0.6 is 12.4 Å². The molecular formula is C15H20ClF3N2O2. The van der Waals surface area contributed by atoms with Crippen LogP contribution in [0.15, 0.2) is 24.3 Å². The predicted molar refractivity (Wildman–Crippen MR) is 82.4 cm³/mol. The van der Waals surface area contributed by atoms with Crippen LogP contribution in [0, 0.1) is 5.92 Å². The minimum absolute atomic E-state index is 0. The van der Waals surface area contributed by atoms with E-state index in [9.17, 15) is 18.0 Å². The van der Waals surface area contributed by atoms with Crippen molar-refractivity contribution in [1.29, 1.82) is 0 Å². The molecule has 0 atom stereocenters. The molecule has 0 aromatic heterocycles. The zero-order valence-corrected chi connectivity index (χ0v) is 13.5. The number of nitrogens with zero attached hydrogens (tertiary/aromatic N) is 1. The molecule has 1 aliphatic carbocycles. The molecule has 4 nitrogen and oxygen atoms in total. The number of carbonyl (C=O) groups is 1. The second-order valence-electron chi connectivity index (χ2n) is 5.48. The quantitative estimate of drug-likeness (QED) is 0.820. The highest BCUT2D eigenvalue weighted by Gasteiger charge is 2.32. The third-order valence-electron chi connectivity index (χ3n) is 3.44. The first-order valence-electron chi connectivity index (χ1n) is 7.13. The number of rotatable bonds is 7. The van der Waals surface area contributed by atoms with Gasteiger partial charge in [0.25, 0.3) is 0 Å². The van der Waals surface area contributed by atoms with Crippen molar-refractivity contribution < 1.29 is 22.7 Å². The van der Waals surface area contributed by atoms with Gasteiger partial charge in [-0.25, -0.2) is 0 Å². The Labute approximate surface area is 139 Å². The molecular weight excluding hydrogens is 333 g/mol. The van der Waals surface area contributed by atoms with E-state index >= 15 is 0 Å². The molecule has 8 heteroatoms. The number of hydrogen-bond donors (Lipinski definition) is 1. The van der Waals surface area contributed by atoms with Gasteiger partial charge in [-0.15, -0.1) is 25.6 Å². The summed E-state index contributed by atoms with van der Waals surface area (Å²) in [5, 5.41) is 3.06. The SMILES string of the molecule is CN(Cc1ccccc1OC(F)(F)F)C(=O)CNCC1CC1.Cl. The van der Waals surface area contributed by atoms with Crippen LogP contribution in [-0.2, 0) is 11.3 Å². The van der Waals surface area contributed by atoms with E-state index in [1.807, 2.05) is 0 Å². The summed E-state index contributed by atoms with van der Waals surface area (Å²) >= 11 is 0. The van der Waals surface area contributed by atoms with Gasteiger partial charge in [0.15, 0.2) is 0 Å². The number of halogens is 4. The number of para-hydroxylation sites is 1. The highest BCUT2D eigenvalue weighted by atomic mass is 35.5. The summed E-state index contributed by atoms with van der Waals surface area (Å²) in [7, 11) is 1.56. The lowest BCUT2D eigenvalue weighted by molar-refractivity contribution is -0.275. The number of alkyl halides is 3. The maximum Gasteiger partial charge on any atom is 0.573 e. The molecule has 0 unspecified atom stereocenters. The molecule has 1 aromatic rings. The van der Waals surface area contributed by atoms with Crippen molar-refractivity contribution in [3.63, 3.8) is 0 Å². The van der Waals surface area contributed by atoms with E-state index in [0.29, 0.717) is 11.5 Å². The van der Waals surface area contributed by atoms with Gasteiger partial charge in [0, 0.05) is 19.2 Å². The Morgan fingerprint density at radius 2 is 2.00 bits per heavy atom. The largest absolute Gasteiger partial charge is 0.573 e. The van der Waals surface area contributed by atoms with Crippen molar-refractivity contribution in [2.24, 2.45) is 5.92 Å². The maximum atomic E-state index is 12.4. The summed E-state index contributed by atoms with van der Waals surface area (Å²) in [6.45, 7) is 1.07. The lowest BCUT2D eigenvalue weighted by Gasteiger charge is -2.20. The lowest BCUT2D eigenvalue weighted by atomic mass is 10.2. The van der Waals surface area contributed by atoms with Crippen molar-refractivity contribution in [2.45, 2.75) is 25.7 Å². The van der Waals surface area contributed by atoms with Crippen LogP contribution in [0.25, 0.3) is 0 Å². The summed E-state index contributed by atoms with van der Waals surface area (Å²) in [4.78, 5) is 13.3. The number of likely N-dealkylation sites (N-methyl/N-ethyl adjacent to an activating group) is 1. The van der Waals surface area contributed by atoms with Crippen LogP contribution < -0.4 is 10.1 Å². The van der Waals surface area contributed by atoms with E-state index in [1.54, 1.807) is 13.1 Å². The number of carbonyl (C=O) groups excluding carboxylic acids is 1. The van der Waals surface area contributed by atoms with Gasteiger partial charge in [-0.3, -0.25) is 4.79 Å². The van der Waals surface area contributed by atoms with Crippen molar-refractivity contribution in [3.8, 4) is 5.75 Å². The number of amides is 1. The molecule has 1 aromatic carbocycles. The van der Waals surface area contributed by atoms with Crippen LogP contribution in [-0.4, -0.2) is 37.3 Å². The second kappa shape index (κ2) is 8.40. The molecule has 0 heterocycles. The molecule has 0 bridgehead atoms. The Hall–Kier alpha value is -1.47. The first kappa shape index (κ1) is 19.6. The number of benzene rings is 1. The molecule has 1 aliphatic rings. The summed E-state index contributed by atoms with van der Waals surface area (Å²) in [6, 6.07) is 5.83. The molecule has 1 N–H and O–H groups in total. The highest BCUT2D eigenvalue weighted by molar-refractivity contribution is 5.85. The van der Waals surface area contributed by atoms with Gasteiger partial charge in [0.2, 0.25) is 5.91 Å². The Balaban J connectivity index is 0.00000264. The number of hydrogen-bond acceptors (Lipinski definition) is 3. The monoisotopic (exact) mass is 352 g/mol. The van der Waals surface area contributed by atoms with E-state index in [2.05, 4.69) is 10.1 Å². The van der Waals surface area contributed by atoms with Crippen molar-refractivity contribution >= 4 is 18.3 Å². The first-order chi connectivity index (χ1) is 10.3. The van der Waals surface area contributed by atoms with E-state index in [1.165, 1.54) is 35.9 Å². The Morgan fingerprint density at radius 1 is 1.35 bits per heavy atom. The van der Waals surface area contributed by atoms with Crippen LogP contribution in [0.2, 0.25) is 0 Å². The van der Waals surface area contributed by atoms with Crippen molar-refractivity contribution in [3.05, 3.63) is 29.8 Å². The molecule has 2 rings (SSSR count). The van der Waals surface area contributed by atoms with Crippen LogP contribution in [0.4, 0.5) is 13.2 Å². The molecule has 1 amide bonds. The van der Waals surface area contributed by atoms with Gasteiger partial charge < -0.3 is 15.0 Å². The van der Waals surface area contributed by atoms with E-state index < -0.39 is 6.36 Å². The number of nitrogens with one attached hydrogen (secondary N) is 1. The molecule has 1 fully saturated rings. The normalized spacial score (nSPS) is 14.1. The third kappa shape index (κ3) is 7.09. The standard InChI is InChI=1S/C15H19F3N2O2.ClH/c1-20(14(21)9-19-8-11-6-7-11)10-12-4-2-3-5-13(12)22-15(16,17)18;/h2-5,11,19H,6-10H2,1H3;1H. The maximum absolute atomic E-state index is 12.4. The number of ether oxygens (including phenoxy) is 1. The molecule has 23 heavy (non-hydrogen) atoms. The van der Waals surface area contributed by atoms with Crippen molar-refractivity contribution in [2.75, 3.05) is 20.1 Å². The fourth-order valence-electron chi connectivity index (χ4n) is 2.04. The molecule has 130 valence electrons. The van der Waals surface area contributed by atoms with Gasteiger partial charge in [-0.1, -0.05) is 18.2 Å². The molecule has 0 aliphatic heterocycles. The van der Waals surface area contributed by atoms with Gasteiger partial charge >= 0.3 is 6.36 Å². The highest BCUT2D eigenvalue weighted by Crippen LogP contribution is 2.28. The summed E-state index contributed by atoms with van der Waals surface area (Å²) in [5.74, 6) is 0.224. The van der Waals surface area contributed by atoms with Gasteiger partial charge in [0.05, 0.1) is 6.54 Å². The average Bonchev–Trinajstić information content (AvgIpc) is 3.23. The van der Waals surface area contributed by atoms with Crippen LogP contribution in [0.1, 0.15) is 18.4 Å². The van der Waals surface area contributed by atoms with Crippen molar-refractivity contribution in [1.82, 2.24) is 10.2 Å². The fourth-order valence-corrected chi connectivity index (χ4v) is 2.04. The predicted octanol–water partition coefficient (Wildman–Crippen LogP) is 2.97. The molecule has 1 saturated carbocycles. The summed E-state index contributed by atoms with van der Waals surface area (Å²) < 4.78 is 41.0. The molecule has 0 radical (unpaired) electrons. The van der Waals surface area contributed by atoms with Crippen LogP contribution in [0.3, 0.4) is 0 Å². The van der Waals surface area contributed by atoms with Crippen LogP contribution in [0.5, 0.6) is 5.75 Å². The fraction of sp³-hybridized carbons (Fsp3) is 0.533. The summed E-state index contributed by atoms with van der Waals surface area (Å²) in [5.41, 5.74) is 0.317. The smallest absolute Gasteiger partial charge is 0.405 e. The van der Waals surface area contributed by atoms with Gasteiger partial charge in [-0.2, -0.15) is 0 Å². The molecule has 0 spiro atoms. The van der Waals surface area contributed by atoms with E-state index in [0.717, 1.165) is 6.54 Å². The Bertz CT molecular complexity index is 522.